The van der Waals surface area contributed by atoms with E-state index in [9.17, 15) is 4.79 Å². The maximum atomic E-state index is 12.3. The van der Waals surface area contributed by atoms with Crippen molar-refractivity contribution in [2.75, 3.05) is 39.4 Å². The van der Waals surface area contributed by atoms with E-state index in [0.29, 0.717) is 6.54 Å². The zero-order valence-electron chi connectivity index (χ0n) is 18.4. The summed E-state index contributed by atoms with van der Waals surface area (Å²) < 4.78 is 5.64. The molecule has 0 aromatic heterocycles. The number of aliphatic imine (C=N–C) groups is 1. The van der Waals surface area contributed by atoms with E-state index in [1.54, 1.807) is 0 Å². The third-order valence-corrected chi connectivity index (χ3v) is 6.44. The molecule has 0 bridgehead atoms. The summed E-state index contributed by atoms with van der Waals surface area (Å²) in [7, 11) is 0. The number of ether oxygens (including phenoxy) is 1. The highest BCUT2D eigenvalue weighted by Crippen LogP contribution is 2.38. The molecule has 7 heteroatoms. The predicted molar refractivity (Wildman–Crippen MR) is 122 cm³/mol. The number of nitrogens with zero attached hydrogens (tertiary/aromatic N) is 2. The van der Waals surface area contributed by atoms with Crippen LogP contribution in [0, 0.1) is 5.92 Å². The van der Waals surface area contributed by atoms with Gasteiger partial charge in [0, 0.05) is 55.2 Å². The standard InChI is InChI=1S/C23H35ClN4O2/c1-4-25-22(27-18-9-12-28(15-18)21(29)17(2)3)26-16-23(10-13-30-14-11-23)19-7-5-6-8-20(19)24/h5-8,17-18H,4,9-16H2,1-3H3,(H2,25,26,27). The molecular formula is C23H35ClN4O2. The third kappa shape index (κ3) is 5.46. The molecule has 1 atom stereocenters. The van der Waals surface area contributed by atoms with Crippen molar-refractivity contribution in [1.29, 1.82) is 0 Å². The van der Waals surface area contributed by atoms with Crippen LogP contribution in [0.3, 0.4) is 0 Å². The van der Waals surface area contributed by atoms with Crippen LogP contribution >= 0.6 is 11.6 Å². The topological polar surface area (TPSA) is 66.0 Å². The van der Waals surface area contributed by atoms with Crippen molar-refractivity contribution in [3.05, 3.63) is 34.9 Å². The lowest BCUT2D eigenvalue weighted by Gasteiger charge is -2.37. The summed E-state index contributed by atoms with van der Waals surface area (Å²) in [5.41, 5.74) is 1.04. The van der Waals surface area contributed by atoms with Crippen LogP contribution in [-0.2, 0) is 14.9 Å². The monoisotopic (exact) mass is 434 g/mol. The Balaban J connectivity index is 1.72. The molecule has 0 radical (unpaired) electrons. The molecule has 1 unspecified atom stereocenters. The van der Waals surface area contributed by atoms with E-state index in [4.69, 9.17) is 21.3 Å². The smallest absolute Gasteiger partial charge is 0.225 e. The molecule has 2 heterocycles. The third-order valence-electron chi connectivity index (χ3n) is 6.11. The van der Waals surface area contributed by atoms with E-state index in [1.165, 1.54) is 0 Å². The molecule has 1 aromatic rings. The van der Waals surface area contributed by atoms with Gasteiger partial charge in [-0.2, -0.15) is 0 Å². The minimum Gasteiger partial charge on any atom is -0.381 e. The molecule has 1 amide bonds. The van der Waals surface area contributed by atoms with Crippen molar-refractivity contribution in [1.82, 2.24) is 15.5 Å². The van der Waals surface area contributed by atoms with Gasteiger partial charge in [-0.05, 0) is 37.8 Å². The maximum absolute atomic E-state index is 12.3. The molecule has 166 valence electrons. The lowest BCUT2D eigenvalue weighted by molar-refractivity contribution is -0.133. The first-order chi connectivity index (χ1) is 14.4. The fourth-order valence-electron chi connectivity index (χ4n) is 4.35. The van der Waals surface area contributed by atoms with Gasteiger partial charge in [-0.15, -0.1) is 0 Å². The molecule has 3 rings (SSSR count). The van der Waals surface area contributed by atoms with Gasteiger partial charge >= 0.3 is 0 Å². The number of halogens is 1. The Morgan fingerprint density at radius 2 is 2.07 bits per heavy atom. The van der Waals surface area contributed by atoms with E-state index >= 15 is 0 Å². The molecule has 6 nitrogen and oxygen atoms in total. The number of benzene rings is 1. The van der Waals surface area contributed by atoms with Gasteiger partial charge in [0.25, 0.3) is 0 Å². The van der Waals surface area contributed by atoms with Crippen molar-refractivity contribution in [3.8, 4) is 0 Å². The molecule has 0 saturated carbocycles. The highest BCUT2D eigenvalue weighted by Gasteiger charge is 2.36. The number of hydrogen-bond donors (Lipinski definition) is 2. The minimum atomic E-state index is -0.117. The molecule has 2 N–H and O–H groups in total. The Kier molecular flexibility index (Phi) is 8.00. The summed E-state index contributed by atoms with van der Waals surface area (Å²) in [6.07, 6.45) is 2.74. The van der Waals surface area contributed by atoms with Gasteiger partial charge in [0.05, 0.1) is 6.54 Å². The van der Waals surface area contributed by atoms with Gasteiger partial charge in [0.2, 0.25) is 5.91 Å². The van der Waals surface area contributed by atoms with Crippen LogP contribution in [0.25, 0.3) is 0 Å². The molecular weight excluding hydrogens is 400 g/mol. The Labute approximate surface area is 185 Å². The van der Waals surface area contributed by atoms with Crippen molar-refractivity contribution < 1.29 is 9.53 Å². The van der Waals surface area contributed by atoms with E-state index < -0.39 is 0 Å². The normalized spacial score (nSPS) is 21.7. The van der Waals surface area contributed by atoms with Gasteiger partial charge < -0.3 is 20.3 Å². The molecule has 2 saturated heterocycles. The number of likely N-dealkylation sites (tertiary alicyclic amines) is 1. The average molecular weight is 435 g/mol. The van der Waals surface area contributed by atoms with Crippen LogP contribution in [0.5, 0.6) is 0 Å². The highest BCUT2D eigenvalue weighted by atomic mass is 35.5. The minimum absolute atomic E-state index is 0.0367. The van der Waals surface area contributed by atoms with Gasteiger partial charge in [-0.3, -0.25) is 9.79 Å². The maximum Gasteiger partial charge on any atom is 0.225 e. The van der Waals surface area contributed by atoms with Gasteiger partial charge in [0.1, 0.15) is 0 Å². The first kappa shape index (κ1) is 22.9. The van der Waals surface area contributed by atoms with Crippen molar-refractivity contribution in [2.24, 2.45) is 10.9 Å². The van der Waals surface area contributed by atoms with Gasteiger partial charge in [-0.1, -0.05) is 43.6 Å². The molecule has 2 aliphatic rings. The number of amides is 1. The second kappa shape index (κ2) is 10.5. The van der Waals surface area contributed by atoms with Crippen LogP contribution < -0.4 is 10.6 Å². The number of hydrogen-bond acceptors (Lipinski definition) is 3. The van der Waals surface area contributed by atoms with E-state index in [2.05, 4.69) is 23.6 Å². The van der Waals surface area contributed by atoms with Crippen molar-refractivity contribution >= 4 is 23.5 Å². The first-order valence-corrected chi connectivity index (χ1v) is 11.5. The highest BCUT2D eigenvalue weighted by molar-refractivity contribution is 6.31. The molecule has 1 aromatic carbocycles. The molecule has 2 aliphatic heterocycles. The van der Waals surface area contributed by atoms with Crippen LogP contribution in [0.15, 0.2) is 29.3 Å². The number of carbonyl (C=O) groups is 1. The average Bonchev–Trinajstić information content (AvgIpc) is 3.21. The molecule has 0 aliphatic carbocycles. The largest absolute Gasteiger partial charge is 0.381 e. The quantitative estimate of drug-likeness (QED) is 0.533. The summed E-state index contributed by atoms with van der Waals surface area (Å²) in [4.78, 5) is 19.2. The van der Waals surface area contributed by atoms with E-state index in [-0.39, 0.29) is 23.3 Å². The summed E-state index contributed by atoms with van der Waals surface area (Å²) in [5, 5.41) is 7.71. The van der Waals surface area contributed by atoms with Gasteiger partial charge in [0.15, 0.2) is 5.96 Å². The molecule has 30 heavy (non-hydrogen) atoms. The number of guanidine groups is 1. The van der Waals surface area contributed by atoms with Crippen LogP contribution in [0.2, 0.25) is 5.02 Å². The lowest BCUT2D eigenvalue weighted by Crippen LogP contribution is -2.46. The van der Waals surface area contributed by atoms with Crippen LogP contribution in [0.4, 0.5) is 0 Å². The number of nitrogens with one attached hydrogen (secondary N) is 2. The van der Waals surface area contributed by atoms with E-state index in [1.807, 2.05) is 36.9 Å². The van der Waals surface area contributed by atoms with Crippen molar-refractivity contribution in [2.45, 2.75) is 51.5 Å². The Hall–Kier alpha value is -1.79. The van der Waals surface area contributed by atoms with Crippen molar-refractivity contribution in [3.63, 3.8) is 0 Å². The summed E-state index contributed by atoms with van der Waals surface area (Å²) in [5.74, 6) is 1.06. The summed E-state index contributed by atoms with van der Waals surface area (Å²) >= 11 is 6.57. The van der Waals surface area contributed by atoms with Crippen LogP contribution in [0.1, 0.15) is 45.6 Å². The first-order valence-electron chi connectivity index (χ1n) is 11.1. The lowest BCUT2D eigenvalue weighted by atomic mass is 9.74. The zero-order valence-corrected chi connectivity index (χ0v) is 19.2. The number of rotatable bonds is 6. The Morgan fingerprint density at radius 1 is 1.33 bits per heavy atom. The fraction of sp³-hybridized carbons (Fsp3) is 0.652. The summed E-state index contributed by atoms with van der Waals surface area (Å²) in [6.45, 7) is 10.4. The predicted octanol–water partition coefficient (Wildman–Crippen LogP) is 3.20. The zero-order chi connectivity index (χ0) is 21.6. The summed E-state index contributed by atoms with van der Waals surface area (Å²) in [6, 6.07) is 8.31. The fourth-order valence-corrected chi connectivity index (χ4v) is 4.69. The molecule has 0 spiro atoms. The number of carbonyl (C=O) groups excluding carboxylic acids is 1. The van der Waals surface area contributed by atoms with E-state index in [0.717, 1.165) is 68.7 Å². The second-order valence-corrected chi connectivity index (χ2v) is 9.04. The SMILES string of the molecule is CCNC(=NCC1(c2ccccc2Cl)CCOCC1)NC1CCN(C(=O)C(C)C)C1. The van der Waals surface area contributed by atoms with Gasteiger partial charge in [-0.25, -0.2) is 0 Å². The Bertz CT molecular complexity index is 746. The van der Waals surface area contributed by atoms with Crippen LogP contribution in [-0.4, -0.2) is 62.2 Å². The molecule has 2 fully saturated rings. The Morgan fingerprint density at radius 3 is 2.73 bits per heavy atom. The second-order valence-electron chi connectivity index (χ2n) is 8.64.